The molecular weight excluding hydrogens is 416 g/mol. The highest BCUT2D eigenvalue weighted by atomic mass is 35.5. The lowest BCUT2D eigenvalue weighted by molar-refractivity contribution is -0.118. The van der Waals surface area contributed by atoms with E-state index in [1.807, 2.05) is 49.4 Å². The number of carbonyl (C=O) groups is 1. The van der Waals surface area contributed by atoms with E-state index in [1.54, 1.807) is 12.1 Å². The molecule has 0 spiro atoms. The summed E-state index contributed by atoms with van der Waals surface area (Å²) < 4.78 is 10.9. The topological polar surface area (TPSA) is 76.6 Å². The molecule has 7 nitrogen and oxygen atoms in total. The Balaban J connectivity index is 1.33. The first kappa shape index (κ1) is 21.1. The summed E-state index contributed by atoms with van der Waals surface area (Å²) >= 11 is 6.09. The van der Waals surface area contributed by atoms with Crippen LogP contribution in [0.4, 0.5) is 11.5 Å². The second kappa shape index (κ2) is 9.76. The summed E-state index contributed by atoms with van der Waals surface area (Å²) in [6.07, 6.45) is 0. The molecule has 3 aromatic rings. The normalized spacial score (nSPS) is 13.7. The lowest BCUT2D eigenvalue weighted by Crippen LogP contribution is -2.36. The van der Waals surface area contributed by atoms with Crippen molar-refractivity contribution in [2.24, 2.45) is 0 Å². The third kappa shape index (κ3) is 5.51. The Labute approximate surface area is 186 Å². The summed E-state index contributed by atoms with van der Waals surface area (Å²) in [7, 11) is 0. The molecular formula is C23H23ClN4O3. The number of carbonyl (C=O) groups excluding carboxylic acids is 1. The van der Waals surface area contributed by atoms with Gasteiger partial charge in [0, 0.05) is 24.3 Å². The molecule has 1 amide bonds. The molecule has 0 atom stereocenters. The maximum atomic E-state index is 12.2. The van der Waals surface area contributed by atoms with Crippen LogP contribution in [0.2, 0.25) is 5.02 Å². The maximum absolute atomic E-state index is 12.2. The van der Waals surface area contributed by atoms with Crippen molar-refractivity contribution in [3.63, 3.8) is 0 Å². The Morgan fingerprint density at radius 3 is 2.58 bits per heavy atom. The number of aryl methyl sites for hydroxylation is 1. The number of ether oxygens (including phenoxy) is 2. The number of halogens is 1. The van der Waals surface area contributed by atoms with E-state index in [-0.39, 0.29) is 12.5 Å². The molecule has 0 radical (unpaired) electrons. The van der Waals surface area contributed by atoms with Crippen molar-refractivity contribution in [1.82, 2.24) is 10.2 Å². The van der Waals surface area contributed by atoms with E-state index in [1.165, 1.54) is 0 Å². The fourth-order valence-corrected chi connectivity index (χ4v) is 3.40. The van der Waals surface area contributed by atoms with Crippen LogP contribution < -0.4 is 15.0 Å². The fourth-order valence-electron chi connectivity index (χ4n) is 3.23. The van der Waals surface area contributed by atoms with E-state index in [4.69, 9.17) is 21.1 Å². The number of aromatic nitrogens is 2. The zero-order valence-corrected chi connectivity index (χ0v) is 17.9. The predicted molar refractivity (Wildman–Crippen MR) is 121 cm³/mol. The highest BCUT2D eigenvalue weighted by Crippen LogP contribution is 2.25. The molecule has 1 aliphatic heterocycles. The lowest BCUT2D eigenvalue weighted by atomic mass is 10.1. The first-order valence-electron chi connectivity index (χ1n) is 10.0. The molecule has 1 fully saturated rings. The molecule has 8 heteroatoms. The van der Waals surface area contributed by atoms with Crippen LogP contribution >= 0.6 is 11.6 Å². The van der Waals surface area contributed by atoms with E-state index in [0.29, 0.717) is 29.7 Å². The van der Waals surface area contributed by atoms with Crippen LogP contribution in [0.1, 0.15) is 5.56 Å². The second-order valence-corrected chi connectivity index (χ2v) is 7.63. The molecule has 31 heavy (non-hydrogen) atoms. The van der Waals surface area contributed by atoms with Gasteiger partial charge in [0.25, 0.3) is 5.91 Å². The smallest absolute Gasteiger partial charge is 0.262 e. The summed E-state index contributed by atoms with van der Waals surface area (Å²) in [5.74, 6) is 1.08. The molecule has 0 bridgehead atoms. The van der Waals surface area contributed by atoms with Crippen LogP contribution in [0.5, 0.6) is 5.75 Å². The van der Waals surface area contributed by atoms with Gasteiger partial charge in [-0.25, -0.2) is 0 Å². The van der Waals surface area contributed by atoms with E-state index in [2.05, 4.69) is 20.4 Å². The number of hydrogen-bond acceptors (Lipinski definition) is 6. The number of benzene rings is 2. The Kier molecular flexibility index (Phi) is 6.64. The van der Waals surface area contributed by atoms with Gasteiger partial charge in [-0.1, -0.05) is 29.8 Å². The maximum Gasteiger partial charge on any atom is 0.262 e. The van der Waals surface area contributed by atoms with Crippen molar-refractivity contribution in [3.8, 4) is 17.0 Å². The molecule has 1 saturated heterocycles. The van der Waals surface area contributed by atoms with Crippen LogP contribution in [0.25, 0.3) is 11.3 Å². The van der Waals surface area contributed by atoms with Gasteiger partial charge in [-0.3, -0.25) is 4.79 Å². The zero-order valence-electron chi connectivity index (χ0n) is 17.2. The second-order valence-electron chi connectivity index (χ2n) is 7.22. The molecule has 1 N–H and O–H groups in total. The minimum absolute atomic E-state index is 0.126. The average molecular weight is 439 g/mol. The molecule has 1 aliphatic rings. The first-order valence-corrected chi connectivity index (χ1v) is 10.4. The van der Waals surface area contributed by atoms with Crippen molar-refractivity contribution in [1.29, 1.82) is 0 Å². The average Bonchev–Trinajstić information content (AvgIpc) is 2.81. The number of morpholine rings is 1. The van der Waals surface area contributed by atoms with E-state index < -0.39 is 0 Å². The monoisotopic (exact) mass is 438 g/mol. The SMILES string of the molecule is Cc1ccc(Cl)c(OCC(=O)Nc2ccc(-c3ccc(N4CCOCC4)nn3)cc2)c1. The fraction of sp³-hybridized carbons (Fsp3) is 0.261. The summed E-state index contributed by atoms with van der Waals surface area (Å²) in [5, 5.41) is 12.0. The zero-order chi connectivity index (χ0) is 21.6. The Morgan fingerprint density at radius 1 is 1.10 bits per heavy atom. The summed E-state index contributed by atoms with van der Waals surface area (Å²) in [6, 6.07) is 16.8. The summed E-state index contributed by atoms with van der Waals surface area (Å²) in [5.41, 5.74) is 3.37. The van der Waals surface area contributed by atoms with Gasteiger partial charge in [-0.2, -0.15) is 0 Å². The van der Waals surface area contributed by atoms with Crippen molar-refractivity contribution in [2.45, 2.75) is 6.92 Å². The largest absolute Gasteiger partial charge is 0.482 e. The van der Waals surface area contributed by atoms with Crippen molar-refractivity contribution < 1.29 is 14.3 Å². The third-order valence-electron chi connectivity index (χ3n) is 4.90. The number of rotatable bonds is 6. The number of nitrogens with one attached hydrogen (secondary N) is 1. The van der Waals surface area contributed by atoms with Crippen LogP contribution in [-0.2, 0) is 9.53 Å². The Morgan fingerprint density at radius 2 is 1.87 bits per heavy atom. The number of hydrogen-bond donors (Lipinski definition) is 1. The predicted octanol–water partition coefficient (Wildman–Crippen LogP) is 3.96. The van der Waals surface area contributed by atoms with Crippen LogP contribution in [0, 0.1) is 6.92 Å². The van der Waals surface area contributed by atoms with E-state index in [9.17, 15) is 4.79 Å². The van der Waals surface area contributed by atoms with Crippen LogP contribution in [0.3, 0.4) is 0 Å². The highest BCUT2D eigenvalue weighted by Gasteiger charge is 2.13. The molecule has 2 aromatic carbocycles. The summed E-state index contributed by atoms with van der Waals surface area (Å²) in [6.45, 7) is 4.87. The first-order chi connectivity index (χ1) is 15.1. The molecule has 4 rings (SSSR count). The van der Waals surface area contributed by atoms with Crippen LogP contribution in [-0.4, -0.2) is 49.0 Å². The standard InChI is InChI=1S/C23H23ClN4O3/c1-16-2-7-19(24)21(14-16)31-15-23(29)25-18-5-3-17(4-6-18)20-8-9-22(27-26-20)28-10-12-30-13-11-28/h2-9,14H,10-13,15H2,1H3,(H,25,29). The number of amides is 1. The highest BCUT2D eigenvalue weighted by molar-refractivity contribution is 6.32. The van der Waals surface area contributed by atoms with Gasteiger partial charge in [0.15, 0.2) is 12.4 Å². The Bertz CT molecular complexity index is 1040. The molecule has 0 aliphatic carbocycles. The van der Waals surface area contributed by atoms with E-state index >= 15 is 0 Å². The van der Waals surface area contributed by atoms with Crippen LogP contribution in [0.15, 0.2) is 54.6 Å². The van der Waals surface area contributed by atoms with Gasteiger partial charge < -0.3 is 19.7 Å². The molecule has 2 heterocycles. The molecule has 0 saturated carbocycles. The van der Waals surface area contributed by atoms with Gasteiger partial charge in [0.2, 0.25) is 0 Å². The quantitative estimate of drug-likeness (QED) is 0.627. The summed E-state index contributed by atoms with van der Waals surface area (Å²) in [4.78, 5) is 14.4. The Hall–Kier alpha value is -3.16. The minimum Gasteiger partial charge on any atom is -0.482 e. The van der Waals surface area contributed by atoms with Gasteiger partial charge in [-0.15, -0.1) is 10.2 Å². The molecule has 1 aromatic heterocycles. The van der Waals surface area contributed by atoms with E-state index in [0.717, 1.165) is 35.7 Å². The minimum atomic E-state index is -0.264. The third-order valence-corrected chi connectivity index (χ3v) is 5.21. The number of anilines is 2. The van der Waals surface area contributed by atoms with Crippen molar-refractivity contribution in [2.75, 3.05) is 43.1 Å². The molecule has 160 valence electrons. The lowest BCUT2D eigenvalue weighted by Gasteiger charge is -2.27. The van der Waals surface area contributed by atoms with Gasteiger partial charge >= 0.3 is 0 Å². The van der Waals surface area contributed by atoms with Gasteiger partial charge in [-0.05, 0) is 48.9 Å². The van der Waals surface area contributed by atoms with Crippen molar-refractivity contribution in [3.05, 3.63) is 65.2 Å². The van der Waals surface area contributed by atoms with Gasteiger partial charge in [0.05, 0.1) is 23.9 Å². The van der Waals surface area contributed by atoms with Crippen molar-refractivity contribution >= 4 is 29.0 Å². The number of nitrogens with zero attached hydrogens (tertiary/aromatic N) is 3. The van der Waals surface area contributed by atoms with Gasteiger partial charge in [0.1, 0.15) is 5.75 Å². The molecule has 0 unspecified atom stereocenters.